The number of aromatic nitrogens is 1. The number of rotatable bonds is 8. The Balaban J connectivity index is 1.29. The van der Waals surface area contributed by atoms with Crippen LogP contribution < -0.4 is 30.0 Å². The summed E-state index contributed by atoms with van der Waals surface area (Å²) in [5.74, 6) is -0.981. The third kappa shape index (κ3) is 8.03. The molecule has 4 N–H and O–H groups in total. The van der Waals surface area contributed by atoms with Crippen molar-refractivity contribution in [3.05, 3.63) is 35.9 Å². The van der Waals surface area contributed by atoms with Crippen LogP contribution >= 0.6 is 11.9 Å². The summed E-state index contributed by atoms with van der Waals surface area (Å²) < 4.78 is 58.9. The van der Waals surface area contributed by atoms with Crippen LogP contribution in [0.25, 0.3) is 10.9 Å². The fourth-order valence-electron chi connectivity index (χ4n) is 6.56. The summed E-state index contributed by atoms with van der Waals surface area (Å²) in [7, 11) is 1.47. The lowest BCUT2D eigenvalue weighted by molar-refractivity contribution is -0.154. The number of carbonyl (C=O) groups is 3. The second-order valence-corrected chi connectivity index (χ2v) is 14.4. The minimum absolute atomic E-state index is 0.00236. The molecule has 5 atom stereocenters. The number of ether oxygens (including phenoxy) is 3. The Morgan fingerprint density at radius 3 is 2.71 bits per heavy atom. The lowest BCUT2D eigenvalue weighted by Gasteiger charge is -2.28. The molecule has 2 aliphatic carbocycles. The monoisotopic (exact) mass is 705 g/mol. The van der Waals surface area contributed by atoms with Gasteiger partial charge in [-0.05, 0) is 69.5 Å². The van der Waals surface area contributed by atoms with Crippen LogP contribution in [0.2, 0.25) is 0 Å². The molecule has 3 amide bonds. The Kier molecular flexibility index (Phi) is 10.2. The number of halogens is 3. The van der Waals surface area contributed by atoms with Crippen LogP contribution in [-0.2, 0) is 14.4 Å². The molecule has 0 unspecified atom stereocenters. The summed E-state index contributed by atoms with van der Waals surface area (Å²) in [5, 5.41) is 3.87. The van der Waals surface area contributed by atoms with Gasteiger partial charge >= 0.3 is 6.18 Å². The molecule has 0 spiro atoms. The topological polar surface area (TPSA) is 145 Å². The Labute approximate surface area is 287 Å². The summed E-state index contributed by atoms with van der Waals surface area (Å²) in [4.78, 5) is 47.1. The van der Waals surface area contributed by atoms with E-state index in [1.54, 1.807) is 19.1 Å². The summed E-state index contributed by atoms with van der Waals surface area (Å²) in [6.45, 7) is 0.171. The zero-order valence-electron chi connectivity index (χ0n) is 27.5. The van der Waals surface area contributed by atoms with E-state index in [-0.39, 0.29) is 36.4 Å². The molecule has 1 aromatic heterocycles. The van der Waals surface area contributed by atoms with E-state index in [0.29, 0.717) is 40.3 Å². The second-order valence-electron chi connectivity index (χ2n) is 13.3. The van der Waals surface area contributed by atoms with E-state index < -0.39 is 48.3 Å². The first-order valence-electron chi connectivity index (χ1n) is 16.7. The van der Waals surface area contributed by atoms with Crippen LogP contribution in [0.4, 0.5) is 13.2 Å². The van der Waals surface area contributed by atoms with E-state index in [0.717, 1.165) is 38.5 Å². The first kappa shape index (κ1) is 35.1. The van der Waals surface area contributed by atoms with Crippen LogP contribution in [-0.4, -0.2) is 83.0 Å². The number of pyridine rings is 1. The van der Waals surface area contributed by atoms with Crippen LogP contribution in [0.3, 0.4) is 0 Å². The highest BCUT2D eigenvalue weighted by atomic mass is 32.2. The lowest BCUT2D eigenvalue weighted by atomic mass is 10.1. The quantitative estimate of drug-likeness (QED) is 0.267. The molecule has 0 radical (unpaired) electrons. The van der Waals surface area contributed by atoms with Gasteiger partial charge in [-0.1, -0.05) is 25.0 Å². The van der Waals surface area contributed by atoms with Crippen LogP contribution in [0.15, 0.2) is 30.4 Å². The van der Waals surface area contributed by atoms with Gasteiger partial charge in [0.2, 0.25) is 17.7 Å². The van der Waals surface area contributed by atoms with Crippen LogP contribution in [0.1, 0.15) is 63.4 Å². The van der Waals surface area contributed by atoms with Crippen molar-refractivity contribution < 1.29 is 41.8 Å². The molecule has 15 heteroatoms. The fraction of sp³-hybridized carbons (Fsp3) is 0.588. The number of nitrogens with one attached hydrogen (secondary N) is 2. The zero-order valence-corrected chi connectivity index (χ0v) is 28.3. The highest BCUT2D eigenvalue weighted by Gasteiger charge is 2.61. The number of nitrogens with two attached hydrogens (primary N) is 1. The number of benzene rings is 1. The summed E-state index contributed by atoms with van der Waals surface area (Å²) in [6.07, 6.45) is 5.11. The maximum Gasteiger partial charge on any atom is 0.422 e. The summed E-state index contributed by atoms with van der Waals surface area (Å²) in [5.41, 5.74) is 6.13. The van der Waals surface area contributed by atoms with E-state index in [4.69, 9.17) is 19.9 Å². The summed E-state index contributed by atoms with van der Waals surface area (Å²) >= 11 is 1.38. The third-order valence-electron chi connectivity index (χ3n) is 9.55. The number of hydrogen-bond donors (Lipinski definition) is 3. The molecular weight excluding hydrogens is 663 g/mol. The molecule has 4 aliphatic rings. The number of alkyl halides is 3. The minimum atomic E-state index is -4.59. The Morgan fingerprint density at radius 1 is 1.18 bits per heavy atom. The Morgan fingerprint density at radius 2 is 1.98 bits per heavy atom. The van der Waals surface area contributed by atoms with Crippen molar-refractivity contribution in [2.24, 2.45) is 11.7 Å². The van der Waals surface area contributed by atoms with Crippen molar-refractivity contribution in [3.8, 4) is 17.4 Å². The van der Waals surface area contributed by atoms with Gasteiger partial charge < -0.3 is 30.2 Å². The van der Waals surface area contributed by atoms with Crippen molar-refractivity contribution in [2.75, 3.05) is 20.3 Å². The van der Waals surface area contributed by atoms with Crippen molar-refractivity contribution in [1.82, 2.24) is 19.9 Å². The third-order valence-corrected chi connectivity index (χ3v) is 10.7. The van der Waals surface area contributed by atoms with E-state index in [1.165, 1.54) is 30.0 Å². The number of aryl methyl sites for hydroxylation is 1. The normalized spacial score (nSPS) is 28.4. The van der Waals surface area contributed by atoms with E-state index in [1.807, 2.05) is 6.08 Å². The van der Waals surface area contributed by atoms with Gasteiger partial charge in [-0.15, -0.1) is 0 Å². The number of allylic oxidation sites excluding steroid dienone is 1. The number of methoxy groups -OCH3 is 1. The highest BCUT2D eigenvalue weighted by molar-refractivity contribution is 7.98. The van der Waals surface area contributed by atoms with Crippen molar-refractivity contribution in [1.29, 1.82) is 0 Å². The van der Waals surface area contributed by atoms with Gasteiger partial charge in [0.1, 0.15) is 29.2 Å². The van der Waals surface area contributed by atoms with Gasteiger partial charge in [0, 0.05) is 34.6 Å². The lowest BCUT2D eigenvalue weighted by Crippen LogP contribution is -2.56. The van der Waals surface area contributed by atoms with Crippen molar-refractivity contribution in [2.45, 2.75) is 99.9 Å². The van der Waals surface area contributed by atoms with Gasteiger partial charge in [-0.3, -0.25) is 19.1 Å². The molecule has 0 bridgehead atoms. The molecule has 3 heterocycles. The Hall–Kier alpha value is -3.72. The zero-order chi connectivity index (χ0) is 34.9. The van der Waals surface area contributed by atoms with E-state index in [2.05, 4.69) is 21.1 Å². The average molecular weight is 706 g/mol. The number of fused-ring (bicyclic) bond motifs is 3. The number of carbonyl (C=O) groups excluding carboxylic acids is 3. The fourth-order valence-corrected chi connectivity index (χ4v) is 7.39. The maximum absolute atomic E-state index is 14.1. The van der Waals surface area contributed by atoms with Crippen molar-refractivity contribution >= 4 is 40.6 Å². The molecule has 6 rings (SSSR count). The summed E-state index contributed by atoms with van der Waals surface area (Å²) in [6, 6.07) is 2.83. The number of hydrogen-bond acceptors (Lipinski definition) is 9. The first-order chi connectivity index (χ1) is 23.4. The molecule has 2 aromatic rings. The molecule has 49 heavy (non-hydrogen) atoms. The molecule has 1 saturated heterocycles. The highest BCUT2D eigenvalue weighted by Crippen LogP contribution is 2.46. The standard InChI is InChI=1S/C34H42F3N5O6S/c1-19-26(46-2)13-12-23-27(15-28(39-29(19)23)47-18-34(35,36)37)48-21-14-25-30(43)40-33(32(45)41-49-22-10-11-22)16-20(33)8-6-4-3-5-7-9-24(38)31(44)42(25)17-21/h6,8,12-13,15,20-22,24-25H,3-5,7,9-11,14,16-18,38H2,1-2H3,(H,40,43)(H,41,45)/b8-6-/t20-,21-,24+,25+,33-/m1/s1. The molecule has 266 valence electrons. The molecule has 3 fully saturated rings. The first-order valence-corrected chi connectivity index (χ1v) is 17.6. The molecular formula is C34H42F3N5O6S. The van der Waals surface area contributed by atoms with Crippen LogP contribution in [0, 0.1) is 12.8 Å². The van der Waals surface area contributed by atoms with Crippen LogP contribution in [0.5, 0.6) is 17.4 Å². The average Bonchev–Trinajstić information content (AvgIpc) is 3.98. The van der Waals surface area contributed by atoms with E-state index in [9.17, 15) is 27.6 Å². The molecule has 2 aliphatic heterocycles. The largest absolute Gasteiger partial charge is 0.496 e. The van der Waals surface area contributed by atoms with E-state index >= 15 is 0 Å². The molecule has 1 aromatic carbocycles. The smallest absolute Gasteiger partial charge is 0.422 e. The number of nitrogens with zero attached hydrogens (tertiary/aromatic N) is 2. The molecule has 11 nitrogen and oxygen atoms in total. The van der Waals surface area contributed by atoms with Gasteiger partial charge in [0.15, 0.2) is 6.61 Å². The van der Waals surface area contributed by atoms with Gasteiger partial charge in [0.05, 0.1) is 25.2 Å². The minimum Gasteiger partial charge on any atom is -0.496 e. The Bertz CT molecular complexity index is 1620. The maximum atomic E-state index is 14.1. The SMILES string of the molecule is COc1ccc2c(O[C@@H]3C[C@H]4C(=O)N[C@]5(C(=O)NSC6CC6)C[C@H]5/C=C\CCCCC[C@H](N)C(=O)N4C3)cc(OCC(F)(F)F)nc2c1C. The van der Waals surface area contributed by atoms with Gasteiger partial charge in [-0.2, -0.15) is 13.2 Å². The predicted molar refractivity (Wildman–Crippen MR) is 177 cm³/mol. The second kappa shape index (κ2) is 14.3. The van der Waals surface area contributed by atoms with Gasteiger partial charge in [-0.25, -0.2) is 4.98 Å². The van der Waals surface area contributed by atoms with Crippen molar-refractivity contribution in [3.63, 3.8) is 0 Å². The predicted octanol–water partition coefficient (Wildman–Crippen LogP) is 4.49. The number of amides is 3. The van der Waals surface area contributed by atoms with Gasteiger partial charge in [0.25, 0.3) is 5.91 Å². The molecule has 2 saturated carbocycles.